The van der Waals surface area contributed by atoms with Crippen LogP contribution in [-0.2, 0) is 55.3 Å². The van der Waals surface area contributed by atoms with Crippen molar-refractivity contribution in [2.45, 2.75) is 60.3 Å². The van der Waals surface area contributed by atoms with Crippen molar-refractivity contribution in [3.8, 4) is 0 Å². The van der Waals surface area contributed by atoms with Gasteiger partial charge in [-0.25, -0.2) is 0 Å². The normalized spacial score (nSPS) is 11.1. The van der Waals surface area contributed by atoms with Crippen LogP contribution in [-0.4, -0.2) is 59.2 Å². The average Bonchev–Trinajstić information content (AvgIpc) is 2.50. The summed E-state index contributed by atoms with van der Waals surface area (Å²) < 4.78 is 64.3. The van der Waals surface area contributed by atoms with Gasteiger partial charge in [0.1, 0.15) is 0 Å². The minimum atomic E-state index is -5.73. The van der Waals surface area contributed by atoms with Crippen molar-refractivity contribution in [1.29, 1.82) is 0 Å². The van der Waals surface area contributed by atoms with Crippen molar-refractivity contribution in [3.05, 3.63) is 0 Å². The van der Waals surface area contributed by atoms with E-state index in [2.05, 4.69) is 13.3 Å². The molecule has 0 aromatic carbocycles. The lowest BCUT2D eigenvalue weighted by Gasteiger charge is -2.27. The van der Waals surface area contributed by atoms with Crippen molar-refractivity contribution in [2.75, 3.05) is 0 Å². The van der Waals surface area contributed by atoms with E-state index in [1.165, 1.54) is 0 Å². The largest absolute Gasteiger partial charge is 0.817 e. The second-order valence-electron chi connectivity index (χ2n) is 5.65. The predicted molar refractivity (Wildman–Crippen MR) is 98.6 cm³/mol. The van der Waals surface area contributed by atoms with Crippen LogP contribution in [0.1, 0.15) is 48.5 Å². The minimum Gasteiger partial charge on any atom is -0.455 e. The molecule has 0 atom stereocenters. The van der Waals surface area contributed by atoms with Gasteiger partial charge in [-0.15, -0.1) is 0 Å². The van der Waals surface area contributed by atoms with Gasteiger partial charge in [-0.2, -0.15) is 13.2 Å². The molecule has 0 unspecified atom stereocenters. The van der Waals surface area contributed by atoms with Gasteiger partial charge in [0.15, 0.2) is 0 Å². The molecular weight excluding hydrogens is 485 g/mol. The molecule has 0 N–H and O–H groups in total. The highest BCUT2D eigenvalue weighted by atomic mass is 28.4. The van der Waals surface area contributed by atoms with Gasteiger partial charge < -0.3 is 26.6 Å². The summed E-state index contributed by atoms with van der Waals surface area (Å²) >= 11 is 0. The molecule has 0 bridgehead atoms. The second kappa shape index (κ2) is 12.8. The number of halogens is 3. The molecule has 0 aliphatic rings. The highest BCUT2D eigenvalue weighted by Gasteiger charge is 2.76. The lowest BCUT2D eigenvalue weighted by atomic mass is 10.9. The Morgan fingerprint density at radius 2 is 0.781 bits per heavy atom. The molecule has 0 saturated heterocycles. The molecule has 12 nitrogen and oxygen atoms in total. The van der Waals surface area contributed by atoms with Crippen LogP contribution in [0.3, 0.4) is 0 Å². The molecule has 0 aromatic heterocycles. The summed E-state index contributed by atoms with van der Waals surface area (Å²) in [6, 6.07) is 0.158. The fourth-order valence-electron chi connectivity index (χ4n) is 1.74. The predicted octanol–water partition coefficient (Wildman–Crippen LogP) is 1.35. The van der Waals surface area contributed by atoms with E-state index < -0.39 is 59.2 Å². The number of alkyl halides is 3. The van der Waals surface area contributed by atoms with Gasteiger partial charge >= 0.3 is 23.4 Å². The third-order valence-electron chi connectivity index (χ3n) is 2.51. The van der Waals surface area contributed by atoms with Crippen LogP contribution in [0, 0.1) is 0 Å². The molecular formula is C15H23F3O12Si2. The standard InChI is InChI=1S/C8H14O6Si.C7H9F3O6Si/c1-5-15(12-6(2)9,13-7(3)10)14-8(4)11;1-4(11)14-17(7(8,9)10,15-5(2)12)16-6(3)13/h5H2,1-4H3;1-3H3. The first-order valence-corrected chi connectivity index (χ1v) is 12.2. The van der Waals surface area contributed by atoms with Gasteiger partial charge in [0.05, 0.1) is 6.04 Å². The summed E-state index contributed by atoms with van der Waals surface area (Å²) in [5.74, 6) is -11.4. The van der Waals surface area contributed by atoms with E-state index in [9.17, 15) is 41.9 Å². The fraction of sp³-hybridized carbons (Fsp3) is 0.600. The van der Waals surface area contributed by atoms with Crippen LogP contribution < -0.4 is 0 Å². The zero-order valence-corrected chi connectivity index (χ0v) is 20.2. The summed E-state index contributed by atoms with van der Waals surface area (Å²) in [7, 11) is -9.24. The second-order valence-corrected chi connectivity index (χ2v) is 10.6. The van der Waals surface area contributed by atoms with Gasteiger partial charge in [0.25, 0.3) is 35.8 Å². The van der Waals surface area contributed by atoms with Crippen molar-refractivity contribution >= 4 is 53.4 Å². The highest BCUT2D eigenvalue weighted by molar-refractivity contribution is 6.67. The van der Waals surface area contributed by atoms with Gasteiger partial charge in [0, 0.05) is 41.5 Å². The van der Waals surface area contributed by atoms with Crippen LogP contribution in [0.25, 0.3) is 0 Å². The quantitative estimate of drug-likeness (QED) is 0.455. The molecule has 17 heteroatoms. The van der Waals surface area contributed by atoms with Crippen LogP contribution >= 0.6 is 0 Å². The molecule has 0 rings (SSSR count). The molecule has 32 heavy (non-hydrogen) atoms. The highest BCUT2D eigenvalue weighted by Crippen LogP contribution is 2.32. The molecule has 0 aromatic rings. The van der Waals surface area contributed by atoms with Crippen LogP contribution in [0.5, 0.6) is 0 Å². The monoisotopic (exact) mass is 508 g/mol. The van der Waals surface area contributed by atoms with Gasteiger partial charge in [-0.1, -0.05) is 6.92 Å². The Balaban J connectivity index is 0. The summed E-state index contributed by atoms with van der Waals surface area (Å²) in [5.41, 5.74) is 0. The number of hydrogen-bond donors (Lipinski definition) is 0. The molecule has 0 aliphatic heterocycles. The van der Waals surface area contributed by atoms with Gasteiger partial charge in [-0.05, 0) is 0 Å². The molecule has 0 heterocycles. The number of carbonyl (C=O) groups excluding carboxylic acids is 6. The average molecular weight is 509 g/mol. The molecule has 0 spiro atoms. The van der Waals surface area contributed by atoms with Gasteiger partial charge in [0.2, 0.25) is 0 Å². The maximum absolute atomic E-state index is 12.7. The third kappa shape index (κ3) is 12.0. The van der Waals surface area contributed by atoms with Crippen molar-refractivity contribution in [3.63, 3.8) is 0 Å². The van der Waals surface area contributed by atoms with Crippen molar-refractivity contribution < 1.29 is 68.5 Å². The fourth-order valence-corrected chi connectivity index (χ4v) is 5.22. The van der Waals surface area contributed by atoms with E-state index in [1.807, 2.05) is 0 Å². The Labute approximate surface area is 183 Å². The van der Waals surface area contributed by atoms with Crippen molar-refractivity contribution in [1.82, 2.24) is 0 Å². The Kier molecular flexibility index (Phi) is 12.5. The Hall–Kier alpha value is -2.96. The lowest BCUT2D eigenvalue weighted by Crippen LogP contribution is -2.61. The first-order valence-electron chi connectivity index (χ1n) is 8.55. The minimum absolute atomic E-state index is 0.158. The lowest BCUT2D eigenvalue weighted by molar-refractivity contribution is -0.170. The van der Waals surface area contributed by atoms with Crippen LogP contribution in [0.4, 0.5) is 13.2 Å². The van der Waals surface area contributed by atoms with E-state index >= 15 is 0 Å². The smallest absolute Gasteiger partial charge is 0.455 e. The van der Waals surface area contributed by atoms with E-state index in [0.29, 0.717) is 20.8 Å². The maximum atomic E-state index is 12.7. The van der Waals surface area contributed by atoms with Gasteiger partial charge in [-0.3, -0.25) is 28.8 Å². The molecule has 184 valence electrons. The zero-order valence-electron chi connectivity index (χ0n) is 18.2. The molecule has 0 aliphatic carbocycles. The third-order valence-corrected chi connectivity index (χ3v) is 7.54. The Morgan fingerprint density at radius 1 is 0.562 bits per heavy atom. The molecule has 0 saturated carbocycles. The summed E-state index contributed by atoms with van der Waals surface area (Å²) in [6.07, 6.45) is 0. The zero-order chi connectivity index (χ0) is 25.9. The number of hydrogen-bond acceptors (Lipinski definition) is 12. The van der Waals surface area contributed by atoms with E-state index in [4.69, 9.17) is 13.3 Å². The number of carbonyl (C=O) groups is 6. The Bertz CT molecular complexity index is 656. The molecule has 0 radical (unpaired) electrons. The van der Waals surface area contributed by atoms with E-state index in [0.717, 1.165) is 20.8 Å². The summed E-state index contributed by atoms with van der Waals surface area (Å²) in [5, 5.41) is 0. The first-order chi connectivity index (χ1) is 14.3. The van der Waals surface area contributed by atoms with Crippen LogP contribution in [0.15, 0.2) is 0 Å². The van der Waals surface area contributed by atoms with E-state index in [-0.39, 0.29) is 6.04 Å². The summed E-state index contributed by atoms with van der Waals surface area (Å²) in [4.78, 5) is 64.2. The number of rotatable bonds is 7. The first kappa shape index (κ1) is 31.2. The summed E-state index contributed by atoms with van der Waals surface area (Å²) in [6.45, 7) is 7.09. The molecule has 0 amide bonds. The molecule has 0 fully saturated rings. The van der Waals surface area contributed by atoms with Crippen LogP contribution in [0.2, 0.25) is 6.04 Å². The SMILES string of the molecule is CC(=O)O[Si](OC(C)=O)(OC(C)=O)C(F)(F)F.CC[Si](OC(C)=O)(OC(C)=O)OC(C)=O. The van der Waals surface area contributed by atoms with E-state index in [1.54, 1.807) is 6.92 Å². The Morgan fingerprint density at radius 3 is 0.906 bits per heavy atom. The topological polar surface area (TPSA) is 158 Å². The van der Waals surface area contributed by atoms with Crippen molar-refractivity contribution in [2.24, 2.45) is 0 Å². The maximum Gasteiger partial charge on any atom is 0.817 e.